The van der Waals surface area contributed by atoms with Crippen molar-refractivity contribution in [1.29, 1.82) is 0 Å². The molecule has 0 atom stereocenters. The average molecular weight is 826 g/mol. The minimum Gasteiger partial charge on any atom is -0.439 e. The zero-order chi connectivity index (χ0) is 41.5. The number of aromatic nitrogens is 1. The maximum Gasteiger partial charge on any atom is 0.374 e. The SMILES string of the molecule is CCCCCCCCCCCCCCCCN1C(=CC=Cc2oc3ccccc3[n+]2CCCCCCCCCCCCCCCC)Oc2ccccc21.[O-][Cl+3]([O-])([O-])[O-]. The van der Waals surface area contributed by atoms with E-state index < -0.39 is 10.2 Å². The van der Waals surface area contributed by atoms with Crippen LogP contribution in [-0.2, 0) is 6.54 Å². The van der Waals surface area contributed by atoms with Crippen molar-refractivity contribution in [3.8, 4) is 5.75 Å². The molecule has 0 amide bonds. The zero-order valence-electron chi connectivity index (χ0n) is 36.3. The highest BCUT2D eigenvalue weighted by Gasteiger charge is 2.25. The fourth-order valence-corrected chi connectivity index (χ4v) is 7.96. The molecule has 2 aromatic carbocycles. The summed E-state index contributed by atoms with van der Waals surface area (Å²) in [6, 6.07) is 16.9. The van der Waals surface area contributed by atoms with E-state index >= 15 is 0 Å². The quantitative estimate of drug-likeness (QED) is 0.0454. The summed E-state index contributed by atoms with van der Waals surface area (Å²) in [6.45, 7) is 6.57. The smallest absolute Gasteiger partial charge is 0.374 e. The van der Waals surface area contributed by atoms with Crippen LogP contribution in [0.4, 0.5) is 5.69 Å². The molecule has 3 aromatic rings. The number of aryl methyl sites for hydroxylation is 1. The number of para-hydroxylation sites is 4. The first kappa shape index (κ1) is 49.5. The van der Waals surface area contributed by atoms with Gasteiger partial charge in [-0.25, -0.2) is 18.6 Å². The molecule has 2 heterocycles. The number of hydrogen-bond acceptors (Lipinski definition) is 7. The van der Waals surface area contributed by atoms with Crippen molar-refractivity contribution in [2.75, 3.05) is 11.4 Å². The molecule has 1 aliphatic heterocycles. The van der Waals surface area contributed by atoms with Gasteiger partial charge in [0.05, 0.1) is 11.8 Å². The monoisotopic (exact) mass is 825 g/mol. The molecule has 9 heteroatoms. The van der Waals surface area contributed by atoms with Crippen molar-refractivity contribution in [2.24, 2.45) is 0 Å². The van der Waals surface area contributed by atoms with Crippen LogP contribution < -0.4 is 32.8 Å². The Hall–Kier alpha value is -2.88. The first-order valence-corrected chi connectivity index (χ1v) is 24.5. The van der Waals surface area contributed by atoms with Crippen LogP contribution >= 0.6 is 0 Å². The van der Waals surface area contributed by atoms with E-state index in [2.05, 4.69) is 90.1 Å². The summed E-state index contributed by atoms with van der Waals surface area (Å²) in [6.07, 6.45) is 45.0. The lowest BCUT2D eigenvalue weighted by molar-refractivity contribution is -2.00. The fraction of sp³-hybridized carbons (Fsp3) is 0.653. The third-order valence-electron chi connectivity index (χ3n) is 11.2. The summed E-state index contributed by atoms with van der Waals surface area (Å²) in [5.41, 5.74) is 3.31. The lowest BCUT2D eigenvalue weighted by Gasteiger charge is -2.18. The van der Waals surface area contributed by atoms with Gasteiger partial charge in [0.1, 0.15) is 0 Å². The van der Waals surface area contributed by atoms with E-state index in [1.807, 2.05) is 0 Å². The minimum absolute atomic E-state index is 0.909. The lowest BCUT2D eigenvalue weighted by atomic mass is 10.0. The molecular weight excluding hydrogens is 748 g/mol. The molecule has 0 bridgehead atoms. The van der Waals surface area contributed by atoms with E-state index in [9.17, 15) is 0 Å². The van der Waals surface area contributed by atoms with Crippen molar-refractivity contribution in [3.63, 3.8) is 0 Å². The topological polar surface area (TPSA) is 122 Å². The van der Waals surface area contributed by atoms with Gasteiger partial charge in [-0.1, -0.05) is 199 Å². The summed E-state index contributed by atoms with van der Waals surface area (Å²) in [5, 5.41) is 0. The lowest BCUT2D eigenvalue weighted by Crippen LogP contribution is -2.68. The Morgan fingerprint density at radius 2 is 0.983 bits per heavy atom. The third kappa shape index (κ3) is 21.9. The molecule has 58 heavy (non-hydrogen) atoms. The molecule has 1 aliphatic rings. The van der Waals surface area contributed by atoms with Gasteiger partial charge in [-0.2, -0.15) is 4.57 Å². The van der Waals surface area contributed by atoms with Crippen LogP contribution in [0.5, 0.6) is 5.75 Å². The van der Waals surface area contributed by atoms with Gasteiger partial charge in [0.15, 0.2) is 12.3 Å². The number of fused-ring (bicyclic) bond motifs is 2. The van der Waals surface area contributed by atoms with Crippen LogP contribution in [-0.4, -0.2) is 6.54 Å². The first-order chi connectivity index (χ1) is 28.3. The Bertz CT molecular complexity index is 1530. The fourth-order valence-electron chi connectivity index (χ4n) is 7.96. The highest BCUT2D eigenvalue weighted by molar-refractivity contribution is 5.70. The Balaban J connectivity index is 0.00000169. The van der Waals surface area contributed by atoms with Crippen molar-refractivity contribution >= 4 is 22.9 Å². The number of benzene rings is 2. The van der Waals surface area contributed by atoms with Crippen LogP contribution in [0, 0.1) is 10.2 Å². The van der Waals surface area contributed by atoms with Gasteiger partial charge >= 0.3 is 5.89 Å². The van der Waals surface area contributed by atoms with Crippen molar-refractivity contribution in [2.45, 2.75) is 200 Å². The molecule has 0 saturated heterocycles. The molecule has 0 spiro atoms. The maximum atomic E-state index is 8.49. The number of rotatable bonds is 32. The number of unbranched alkanes of at least 4 members (excludes halogenated alkanes) is 26. The summed E-state index contributed by atoms with van der Waals surface area (Å²) in [5.74, 6) is 2.77. The van der Waals surface area contributed by atoms with Gasteiger partial charge in [0.25, 0.3) is 5.52 Å². The Kier molecular flexibility index (Phi) is 26.5. The second-order valence-corrected chi connectivity index (χ2v) is 17.0. The van der Waals surface area contributed by atoms with E-state index in [1.165, 1.54) is 191 Å². The van der Waals surface area contributed by atoms with E-state index in [0.29, 0.717) is 0 Å². The van der Waals surface area contributed by atoms with Gasteiger partial charge in [-0.3, -0.25) is 0 Å². The molecular formula is C49H77ClN2O6. The molecule has 0 N–H and O–H groups in total. The molecule has 8 nitrogen and oxygen atoms in total. The Labute approximate surface area is 354 Å². The third-order valence-corrected chi connectivity index (χ3v) is 11.2. The zero-order valence-corrected chi connectivity index (χ0v) is 37.0. The van der Waals surface area contributed by atoms with Gasteiger partial charge in [0, 0.05) is 19.0 Å². The molecule has 326 valence electrons. The van der Waals surface area contributed by atoms with E-state index in [-0.39, 0.29) is 0 Å². The van der Waals surface area contributed by atoms with Gasteiger partial charge in [-0.15, -0.1) is 10.2 Å². The van der Waals surface area contributed by atoms with Crippen molar-refractivity contribution in [3.05, 3.63) is 72.5 Å². The van der Waals surface area contributed by atoms with Crippen molar-refractivity contribution in [1.82, 2.24) is 0 Å². The van der Waals surface area contributed by atoms with Crippen molar-refractivity contribution < 1.29 is 42.6 Å². The van der Waals surface area contributed by atoms with Crippen LogP contribution in [0.15, 0.2) is 71.0 Å². The number of hydrogen-bond donors (Lipinski definition) is 0. The number of ether oxygens (including phenoxy) is 1. The largest absolute Gasteiger partial charge is 0.439 e. The summed E-state index contributed by atoms with van der Waals surface area (Å²) in [4.78, 5) is 2.36. The highest BCUT2D eigenvalue weighted by Crippen LogP contribution is 2.39. The molecule has 0 fully saturated rings. The Morgan fingerprint density at radius 3 is 1.50 bits per heavy atom. The first-order valence-electron chi connectivity index (χ1n) is 23.3. The highest BCUT2D eigenvalue weighted by atomic mass is 35.7. The number of anilines is 1. The average Bonchev–Trinajstić information content (AvgIpc) is 3.74. The molecule has 0 unspecified atom stereocenters. The van der Waals surface area contributed by atoms with Crippen LogP contribution in [0.25, 0.3) is 17.2 Å². The standard InChI is InChI=1S/C49H77N2O2.ClHO4/c1-3-5-7-9-11-13-15-17-19-21-23-25-27-33-42-50-44-36-29-31-38-46(44)52-48(50)40-35-41-49-51(45-37-30-32-39-47(45)53-49)43-34-28-26-24-22-20-18-16-14-12-10-8-6-4-2;2-1(3,4)5/h29-32,35-41H,3-28,33-34,42-43H2,1-2H3;(H,2,3,4,5)/q+1;/p-1. The number of oxazole rings is 1. The number of halogens is 1. The van der Waals surface area contributed by atoms with E-state index in [0.717, 1.165) is 36.2 Å². The summed E-state index contributed by atoms with van der Waals surface area (Å²) >= 11 is 0. The molecule has 0 radical (unpaired) electrons. The van der Waals surface area contributed by atoms with Crippen LogP contribution in [0.1, 0.15) is 200 Å². The summed E-state index contributed by atoms with van der Waals surface area (Å²) < 4.78 is 49.1. The summed E-state index contributed by atoms with van der Waals surface area (Å²) in [7, 11) is -4.94. The molecule has 0 saturated carbocycles. The van der Waals surface area contributed by atoms with Gasteiger partial charge in [-0.05, 0) is 43.2 Å². The van der Waals surface area contributed by atoms with Gasteiger partial charge < -0.3 is 14.1 Å². The second kappa shape index (κ2) is 31.1. The number of nitrogens with zero attached hydrogens (tertiary/aromatic N) is 2. The predicted octanol–water partition coefficient (Wildman–Crippen LogP) is 10.7. The predicted molar refractivity (Wildman–Crippen MR) is 229 cm³/mol. The van der Waals surface area contributed by atoms with Crippen LogP contribution in [0.2, 0.25) is 0 Å². The van der Waals surface area contributed by atoms with E-state index in [4.69, 9.17) is 27.8 Å². The molecule has 1 aromatic heterocycles. The second-order valence-electron chi connectivity index (χ2n) is 16.2. The van der Waals surface area contributed by atoms with E-state index in [1.54, 1.807) is 0 Å². The molecule has 0 aliphatic carbocycles. The minimum atomic E-state index is -4.94. The van der Waals surface area contributed by atoms with Crippen LogP contribution in [0.3, 0.4) is 0 Å². The molecule has 4 rings (SSSR count). The maximum absolute atomic E-state index is 8.49. The van der Waals surface area contributed by atoms with Gasteiger partial charge in [0.2, 0.25) is 11.5 Å². The Morgan fingerprint density at radius 1 is 0.552 bits per heavy atom. The normalized spacial score (nSPS) is 13.4. The number of allylic oxidation sites excluding steroid dienone is 2.